The fourth-order valence-corrected chi connectivity index (χ4v) is 4.96. The molecule has 4 aromatic rings. The third-order valence-electron chi connectivity index (χ3n) is 5.68. The zero-order valence-corrected chi connectivity index (χ0v) is 19.0. The molecule has 1 aliphatic heterocycles. The molecule has 33 heavy (non-hydrogen) atoms. The number of carbonyl (C=O) groups is 2. The fourth-order valence-electron chi connectivity index (χ4n) is 3.94. The molecule has 0 saturated carbocycles. The Morgan fingerprint density at radius 1 is 1.06 bits per heavy atom. The summed E-state index contributed by atoms with van der Waals surface area (Å²) in [5, 5.41) is 3.44. The lowest BCUT2D eigenvalue weighted by atomic mass is 10.1. The van der Waals surface area contributed by atoms with Gasteiger partial charge in [0.1, 0.15) is 0 Å². The van der Waals surface area contributed by atoms with Crippen molar-refractivity contribution in [2.75, 3.05) is 16.8 Å². The summed E-state index contributed by atoms with van der Waals surface area (Å²) in [4.78, 5) is 37.0. The molecule has 1 N–H and O–H groups in total. The van der Waals surface area contributed by atoms with Gasteiger partial charge in [-0.15, -0.1) is 0 Å². The molecule has 2 amide bonds. The van der Waals surface area contributed by atoms with E-state index < -0.39 is 0 Å². The van der Waals surface area contributed by atoms with Crippen LogP contribution in [0.2, 0.25) is 0 Å². The Morgan fingerprint density at radius 2 is 1.85 bits per heavy atom. The molecule has 0 bridgehead atoms. The van der Waals surface area contributed by atoms with E-state index >= 15 is 0 Å². The van der Waals surface area contributed by atoms with Crippen molar-refractivity contribution in [3.05, 3.63) is 72.6 Å². The number of carbonyl (C=O) groups excluding carboxylic acids is 2. The highest BCUT2D eigenvalue weighted by Crippen LogP contribution is 2.38. The van der Waals surface area contributed by atoms with Gasteiger partial charge in [0.2, 0.25) is 5.91 Å². The first kappa shape index (κ1) is 21.1. The van der Waals surface area contributed by atoms with Crippen LogP contribution in [-0.2, 0) is 11.8 Å². The second-order valence-corrected chi connectivity index (χ2v) is 8.93. The van der Waals surface area contributed by atoms with Crippen LogP contribution in [0, 0.1) is 0 Å². The molecule has 5 rings (SSSR count). The van der Waals surface area contributed by atoms with Gasteiger partial charge in [0, 0.05) is 49.2 Å². The van der Waals surface area contributed by atoms with Crippen LogP contribution >= 0.6 is 11.3 Å². The zero-order valence-electron chi connectivity index (χ0n) is 18.2. The number of benzene rings is 2. The van der Waals surface area contributed by atoms with E-state index in [1.807, 2.05) is 60.3 Å². The highest BCUT2D eigenvalue weighted by molar-refractivity contribution is 7.19. The van der Waals surface area contributed by atoms with E-state index in [1.165, 1.54) is 11.3 Å². The largest absolute Gasteiger partial charge is 0.333 e. The topological polar surface area (TPSA) is 80.1 Å². The SMILES string of the molecule is Cn1ccnc1-c1sc(NC(=O)c2ccc(N3CCCCC3=O)cc2)nc1-c1ccccc1. The Hall–Kier alpha value is -3.78. The summed E-state index contributed by atoms with van der Waals surface area (Å²) < 4.78 is 1.94. The van der Waals surface area contributed by atoms with E-state index in [0.29, 0.717) is 17.1 Å². The first-order chi connectivity index (χ1) is 16.1. The summed E-state index contributed by atoms with van der Waals surface area (Å²) in [5.74, 6) is 0.685. The molecule has 3 heterocycles. The van der Waals surface area contributed by atoms with E-state index in [9.17, 15) is 9.59 Å². The summed E-state index contributed by atoms with van der Waals surface area (Å²) >= 11 is 1.40. The highest BCUT2D eigenvalue weighted by Gasteiger charge is 2.21. The number of nitrogens with one attached hydrogen (secondary N) is 1. The number of nitrogens with zero attached hydrogens (tertiary/aromatic N) is 4. The van der Waals surface area contributed by atoms with Crippen LogP contribution in [0.4, 0.5) is 10.8 Å². The van der Waals surface area contributed by atoms with Crippen molar-refractivity contribution < 1.29 is 9.59 Å². The standard InChI is InChI=1S/C25H23N5O2S/c1-29-16-14-26-23(29)22-21(17-7-3-2-4-8-17)27-25(33-22)28-24(32)18-10-12-19(13-11-18)30-15-6-5-9-20(30)31/h2-4,7-8,10-14,16H,5-6,9,15H2,1H3,(H,27,28,32). The van der Waals surface area contributed by atoms with Crippen molar-refractivity contribution >= 4 is 34.0 Å². The minimum Gasteiger partial charge on any atom is -0.333 e. The van der Waals surface area contributed by atoms with E-state index in [4.69, 9.17) is 4.98 Å². The second kappa shape index (κ2) is 8.99. The number of hydrogen-bond donors (Lipinski definition) is 1. The molecule has 2 aromatic heterocycles. The number of thiazole rings is 1. The molecule has 8 heteroatoms. The molecule has 166 valence electrons. The Kier molecular flexibility index (Phi) is 5.75. The maximum atomic E-state index is 12.9. The van der Waals surface area contributed by atoms with Crippen molar-refractivity contribution in [3.8, 4) is 22.0 Å². The third kappa shape index (κ3) is 4.29. The molecule has 7 nitrogen and oxygen atoms in total. The Balaban J connectivity index is 1.40. The molecule has 0 atom stereocenters. The van der Waals surface area contributed by atoms with Gasteiger partial charge in [-0.3, -0.25) is 14.9 Å². The number of rotatable bonds is 5. The lowest BCUT2D eigenvalue weighted by molar-refractivity contribution is -0.119. The molecular formula is C25H23N5O2S. The van der Waals surface area contributed by atoms with Crippen LogP contribution in [0.15, 0.2) is 67.0 Å². The summed E-state index contributed by atoms with van der Waals surface area (Å²) in [7, 11) is 1.93. The van der Waals surface area contributed by atoms with Crippen molar-refractivity contribution in [3.63, 3.8) is 0 Å². The smallest absolute Gasteiger partial charge is 0.257 e. The van der Waals surface area contributed by atoms with Crippen LogP contribution in [0.25, 0.3) is 22.0 Å². The van der Waals surface area contributed by atoms with Crippen LogP contribution in [0.1, 0.15) is 29.6 Å². The van der Waals surface area contributed by atoms with Crippen molar-refractivity contribution in [2.24, 2.45) is 7.05 Å². The molecule has 0 aliphatic carbocycles. The molecule has 1 fully saturated rings. The van der Waals surface area contributed by atoms with Gasteiger partial charge in [0.15, 0.2) is 11.0 Å². The number of aryl methyl sites for hydroxylation is 1. The normalized spacial score (nSPS) is 13.8. The number of amides is 2. The minimum absolute atomic E-state index is 0.136. The van der Waals surface area contributed by atoms with E-state index in [1.54, 1.807) is 23.2 Å². The maximum absolute atomic E-state index is 12.9. The lowest BCUT2D eigenvalue weighted by Gasteiger charge is -2.26. The average molecular weight is 458 g/mol. The molecule has 1 aliphatic rings. The Labute approximate surface area is 195 Å². The molecule has 0 spiro atoms. The Bertz CT molecular complexity index is 1290. The van der Waals surface area contributed by atoms with Crippen molar-refractivity contribution in [1.82, 2.24) is 14.5 Å². The van der Waals surface area contributed by atoms with Gasteiger partial charge in [0.05, 0.1) is 10.6 Å². The van der Waals surface area contributed by atoms with Gasteiger partial charge in [0.25, 0.3) is 5.91 Å². The van der Waals surface area contributed by atoms with Gasteiger partial charge in [-0.05, 0) is 37.1 Å². The second-order valence-electron chi connectivity index (χ2n) is 7.93. The fraction of sp³-hybridized carbons (Fsp3) is 0.200. The Morgan fingerprint density at radius 3 is 2.55 bits per heavy atom. The molecule has 1 saturated heterocycles. The van der Waals surface area contributed by atoms with Gasteiger partial charge < -0.3 is 9.47 Å². The van der Waals surface area contributed by atoms with Gasteiger partial charge in [-0.25, -0.2) is 9.97 Å². The summed E-state index contributed by atoms with van der Waals surface area (Å²) in [6.45, 7) is 0.724. The number of anilines is 2. The molecule has 0 radical (unpaired) electrons. The average Bonchev–Trinajstić information content (AvgIpc) is 3.46. The predicted molar refractivity (Wildman–Crippen MR) is 130 cm³/mol. The quantitative estimate of drug-likeness (QED) is 0.458. The van der Waals surface area contributed by atoms with Crippen LogP contribution in [0.5, 0.6) is 0 Å². The summed E-state index contributed by atoms with van der Waals surface area (Å²) in [6, 6.07) is 17.0. The van der Waals surface area contributed by atoms with Gasteiger partial charge in [-0.1, -0.05) is 41.7 Å². The summed E-state index contributed by atoms with van der Waals surface area (Å²) in [5.41, 5.74) is 3.08. The first-order valence-electron chi connectivity index (χ1n) is 10.9. The van der Waals surface area contributed by atoms with E-state index in [0.717, 1.165) is 47.0 Å². The molecular weight excluding hydrogens is 434 g/mol. The van der Waals surface area contributed by atoms with Crippen molar-refractivity contribution in [2.45, 2.75) is 19.3 Å². The van der Waals surface area contributed by atoms with Crippen LogP contribution in [0.3, 0.4) is 0 Å². The lowest BCUT2D eigenvalue weighted by Crippen LogP contribution is -2.35. The van der Waals surface area contributed by atoms with E-state index in [2.05, 4.69) is 10.3 Å². The predicted octanol–water partition coefficient (Wildman–Crippen LogP) is 4.98. The minimum atomic E-state index is -0.244. The number of imidazole rings is 1. The highest BCUT2D eigenvalue weighted by atomic mass is 32.1. The number of aromatic nitrogens is 3. The number of hydrogen-bond acceptors (Lipinski definition) is 5. The van der Waals surface area contributed by atoms with Crippen LogP contribution in [-0.4, -0.2) is 32.9 Å². The zero-order chi connectivity index (χ0) is 22.8. The third-order valence-corrected chi connectivity index (χ3v) is 6.65. The maximum Gasteiger partial charge on any atom is 0.257 e. The number of piperidine rings is 1. The van der Waals surface area contributed by atoms with Gasteiger partial charge >= 0.3 is 0 Å². The van der Waals surface area contributed by atoms with E-state index in [-0.39, 0.29) is 11.8 Å². The monoisotopic (exact) mass is 457 g/mol. The van der Waals surface area contributed by atoms with Crippen LogP contribution < -0.4 is 10.2 Å². The van der Waals surface area contributed by atoms with Crippen molar-refractivity contribution in [1.29, 1.82) is 0 Å². The van der Waals surface area contributed by atoms with Gasteiger partial charge in [-0.2, -0.15) is 0 Å². The molecule has 0 unspecified atom stereocenters. The summed E-state index contributed by atoms with van der Waals surface area (Å²) in [6.07, 6.45) is 6.15. The first-order valence-corrected chi connectivity index (χ1v) is 11.7. The molecule has 2 aromatic carbocycles.